The van der Waals surface area contributed by atoms with Crippen molar-refractivity contribution in [3.8, 4) is 0 Å². The van der Waals surface area contributed by atoms with Crippen LogP contribution in [0.15, 0.2) is 16.0 Å². The van der Waals surface area contributed by atoms with Crippen LogP contribution in [0, 0.1) is 0 Å². The minimum atomic E-state index is 0.329. The monoisotopic (exact) mass is 145 g/mol. The molecule has 0 bridgehead atoms. The van der Waals surface area contributed by atoms with E-state index in [1.54, 1.807) is 6.92 Å². The second kappa shape index (κ2) is 2.27. The highest BCUT2D eigenvalue weighted by molar-refractivity contribution is 6.32. The Morgan fingerprint density at radius 2 is 2.22 bits per heavy atom. The second-order valence-electron chi connectivity index (χ2n) is 1.61. The SMILES string of the molecule is COC1=C(Cl)[N]N=C1C. The van der Waals surface area contributed by atoms with Gasteiger partial charge in [0.15, 0.2) is 10.9 Å². The summed E-state index contributed by atoms with van der Waals surface area (Å²) in [4.78, 5) is 0. The lowest BCUT2D eigenvalue weighted by molar-refractivity contribution is 0.313. The third-order valence-corrected chi connectivity index (χ3v) is 1.26. The molecule has 0 amide bonds. The number of ether oxygens (including phenoxy) is 1. The van der Waals surface area contributed by atoms with Crippen molar-refractivity contribution < 1.29 is 4.74 Å². The molecule has 0 saturated carbocycles. The lowest BCUT2D eigenvalue weighted by Crippen LogP contribution is -1.95. The molecule has 0 aromatic carbocycles. The molecular weight excluding hydrogens is 140 g/mol. The number of halogens is 1. The summed E-state index contributed by atoms with van der Waals surface area (Å²) < 4.78 is 4.86. The molecule has 1 aliphatic rings. The van der Waals surface area contributed by atoms with Gasteiger partial charge in [0.2, 0.25) is 0 Å². The fourth-order valence-electron chi connectivity index (χ4n) is 0.591. The molecular formula is C5H6ClN2O. The van der Waals surface area contributed by atoms with Gasteiger partial charge in [-0.1, -0.05) is 11.6 Å². The highest BCUT2D eigenvalue weighted by atomic mass is 35.5. The van der Waals surface area contributed by atoms with Gasteiger partial charge in [0.05, 0.1) is 7.11 Å². The van der Waals surface area contributed by atoms with Crippen LogP contribution in [0.1, 0.15) is 6.92 Å². The molecule has 49 valence electrons. The van der Waals surface area contributed by atoms with Gasteiger partial charge in [-0.15, -0.1) is 5.43 Å². The molecule has 0 unspecified atom stereocenters. The number of allylic oxidation sites excluding steroid dienone is 1. The lowest BCUT2D eigenvalue weighted by Gasteiger charge is -1.96. The second-order valence-corrected chi connectivity index (χ2v) is 1.97. The van der Waals surface area contributed by atoms with Crippen molar-refractivity contribution >= 4 is 17.3 Å². The molecule has 9 heavy (non-hydrogen) atoms. The zero-order valence-corrected chi connectivity index (χ0v) is 5.94. The van der Waals surface area contributed by atoms with Crippen molar-refractivity contribution in [2.24, 2.45) is 5.10 Å². The molecule has 1 rings (SSSR count). The summed E-state index contributed by atoms with van der Waals surface area (Å²) in [5.41, 5.74) is 4.30. The Balaban J connectivity index is 2.83. The van der Waals surface area contributed by atoms with E-state index in [-0.39, 0.29) is 0 Å². The van der Waals surface area contributed by atoms with Gasteiger partial charge in [-0.25, -0.2) is 0 Å². The van der Waals surface area contributed by atoms with Crippen molar-refractivity contribution in [2.75, 3.05) is 7.11 Å². The van der Waals surface area contributed by atoms with Crippen LogP contribution in [0.2, 0.25) is 0 Å². The summed E-state index contributed by atoms with van der Waals surface area (Å²) in [5.74, 6) is 0.566. The van der Waals surface area contributed by atoms with Gasteiger partial charge in [-0.2, -0.15) is 5.10 Å². The number of methoxy groups -OCH3 is 1. The summed E-state index contributed by atoms with van der Waals surface area (Å²) in [6, 6.07) is 0. The Bertz CT molecular complexity index is 185. The maximum atomic E-state index is 5.55. The van der Waals surface area contributed by atoms with E-state index in [0.29, 0.717) is 10.9 Å². The van der Waals surface area contributed by atoms with Crippen LogP contribution in [0.5, 0.6) is 0 Å². The van der Waals surface area contributed by atoms with Crippen molar-refractivity contribution in [1.82, 2.24) is 5.43 Å². The molecule has 0 fully saturated rings. The minimum Gasteiger partial charge on any atom is -0.492 e. The molecule has 0 atom stereocenters. The predicted octanol–water partition coefficient (Wildman–Crippen LogP) is 1.03. The normalized spacial score (nSPS) is 17.4. The van der Waals surface area contributed by atoms with E-state index in [2.05, 4.69) is 10.5 Å². The fourth-order valence-corrected chi connectivity index (χ4v) is 0.843. The molecule has 0 aromatic rings. The van der Waals surface area contributed by atoms with Crippen LogP contribution in [-0.2, 0) is 4.74 Å². The van der Waals surface area contributed by atoms with Crippen molar-refractivity contribution in [3.63, 3.8) is 0 Å². The predicted molar refractivity (Wildman–Crippen MR) is 35.1 cm³/mol. The van der Waals surface area contributed by atoms with E-state index in [4.69, 9.17) is 16.3 Å². The molecule has 0 saturated heterocycles. The first kappa shape index (κ1) is 6.42. The summed E-state index contributed by atoms with van der Waals surface area (Å²) in [6.07, 6.45) is 0. The number of rotatable bonds is 1. The van der Waals surface area contributed by atoms with E-state index in [9.17, 15) is 0 Å². The first-order valence-electron chi connectivity index (χ1n) is 2.45. The lowest BCUT2D eigenvalue weighted by atomic mass is 10.4. The van der Waals surface area contributed by atoms with E-state index in [1.807, 2.05) is 0 Å². The largest absolute Gasteiger partial charge is 0.492 e. The van der Waals surface area contributed by atoms with Crippen LogP contribution in [0.4, 0.5) is 0 Å². The topological polar surface area (TPSA) is 35.7 Å². The minimum absolute atomic E-state index is 0.329. The van der Waals surface area contributed by atoms with E-state index in [0.717, 1.165) is 5.71 Å². The molecule has 3 nitrogen and oxygen atoms in total. The van der Waals surface area contributed by atoms with E-state index in [1.165, 1.54) is 7.11 Å². The summed E-state index contributed by atoms with van der Waals surface area (Å²) >= 11 is 5.55. The molecule has 1 heterocycles. The Morgan fingerprint density at radius 3 is 2.44 bits per heavy atom. The summed E-state index contributed by atoms with van der Waals surface area (Å²) in [7, 11) is 1.54. The van der Waals surface area contributed by atoms with Crippen LogP contribution < -0.4 is 5.43 Å². The van der Waals surface area contributed by atoms with Gasteiger partial charge in [0.25, 0.3) is 0 Å². The van der Waals surface area contributed by atoms with Crippen molar-refractivity contribution in [1.29, 1.82) is 0 Å². The molecule has 0 spiro atoms. The zero-order chi connectivity index (χ0) is 6.85. The summed E-state index contributed by atoms with van der Waals surface area (Å²) in [5, 5.41) is 4.01. The third-order valence-electron chi connectivity index (χ3n) is 1.01. The number of nitrogens with zero attached hydrogens (tertiary/aromatic N) is 2. The molecule has 4 heteroatoms. The Labute approximate surface area is 58.3 Å². The highest BCUT2D eigenvalue weighted by Gasteiger charge is 2.15. The molecule has 0 aromatic heterocycles. The molecule has 1 radical (unpaired) electrons. The van der Waals surface area contributed by atoms with Crippen molar-refractivity contribution in [3.05, 3.63) is 10.9 Å². The third kappa shape index (κ3) is 1.00. The first-order valence-corrected chi connectivity index (χ1v) is 2.83. The van der Waals surface area contributed by atoms with Crippen molar-refractivity contribution in [2.45, 2.75) is 6.92 Å². The standard InChI is InChI=1S/C5H6ClN2O/c1-3-4(9-2)5(6)8-7-3/h1-2H3. The van der Waals surface area contributed by atoms with Crippen LogP contribution in [-0.4, -0.2) is 12.8 Å². The van der Waals surface area contributed by atoms with Gasteiger partial charge >= 0.3 is 0 Å². The zero-order valence-electron chi connectivity index (χ0n) is 5.18. The smallest absolute Gasteiger partial charge is 0.195 e. The maximum Gasteiger partial charge on any atom is 0.195 e. The van der Waals surface area contributed by atoms with Crippen LogP contribution >= 0.6 is 11.6 Å². The highest BCUT2D eigenvalue weighted by Crippen LogP contribution is 2.15. The van der Waals surface area contributed by atoms with Crippen LogP contribution in [0.3, 0.4) is 0 Å². The molecule has 1 aliphatic heterocycles. The van der Waals surface area contributed by atoms with Gasteiger partial charge in [0, 0.05) is 0 Å². The Kier molecular flexibility index (Phi) is 1.62. The molecule has 0 N–H and O–H groups in total. The quantitative estimate of drug-likeness (QED) is 0.508. The van der Waals surface area contributed by atoms with Gasteiger partial charge in [-0.3, -0.25) is 0 Å². The van der Waals surface area contributed by atoms with E-state index < -0.39 is 0 Å². The van der Waals surface area contributed by atoms with Gasteiger partial charge < -0.3 is 4.74 Å². The number of hydrogen-bond acceptors (Lipinski definition) is 2. The molecule has 0 aliphatic carbocycles. The Morgan fingerprint density at radius 1 is 1.56 bits per heavy atom. The maximum absolute atomic E-state index is 5.55. The average Bonchev–Trinajstić information content (AvgIpc) is 2.12. The first-order chi connectivity index (χ1) is 4.25. The van der Waals surface area contributed by atoms with Gasteiger partial charge in [-0.05, 0) is 6.92 Å². The fraction of sp³-hybridized carbons (Fsp3) is 0.400. The average molecular weight is 146 g/mol. The summed E-state index contributed by atoms with van der Waals surface area (Å²) in [6.45, 7) is 1.79. The van der Waals surface area contributed by atoms with Crippen LogP contribution in [0.25, 0.3) is 0 Å². The van der Waals surface area contributed by atoms with Gasteiger partial charge in [0.1, 0.15) is 5.71 Å². The Hall–Kier alpha value is -0.700. The number of hydrogen-bond donors (Lipinski definition) is 0. The van der Waals surface area contributed by atoms with E-state index >= 15 is 0 Å².